The van der Waals surface area contributed by atoms with Crippen molar-refractivity contribution in [1.29, 1.82) is 0 Å². The summed E-state index contributed by atoms with van der Waals surface area (Å²) >= 11 is 7.28. The van der Waals surface area contributed by atoms with Crippen molar-refractivity contribution >= 4 is 35.0 Å². The number of tetrazole rings is 1. The Morgan fingerprint density at radius 1 is 1.19 bits per heavy atom. The topological polar surface area (TPSA) is 63.9 Å². The van der Waals surface area contributed by atoms with Crippen LogP contribution in [0.25, 0.3) is 5.69 Å². The molecule has 0 aliphatic carbocycles. The fourth-order valence-electron chi connectivity index (χ4n) is 2.99. The van der Waals surface area contributed by atoms with Gasteiger partial charge in [0, 0.05) is 17.3 Å². The molecule has 3 aromatic rings. The molecule has 132 valence electrons. The number of para-hydroxylation sites is 1. The Kier molecular flexibility index (Phi) is 4.65. The number of aromatic nitrogens is 4. The molecular formula is C18H16ClN5OS. The third-order valence-electron chi connectivity index (χ3n) is 4.30. The molecule has 0 saturated carbocycles. The number of fused-ring (bicyclic) bond motifs is 1. The number of halogens is 1. The number of rotatable bonds is 4. The molecule has 0 unspecified atom stereocenters. The van der Waals surface area contributed by atoms with E-state index < -0.39 is 0 Å². The summed E-state index contributed by atoms with van der Waals surface area (Å²) < 4.78 is 1.61. The lowest BCUT2D eigenvalue weighted by molar-refractivity contribution is -0.117. The number of thioether (sulfide) groups is 1. The van der Waals surface area contributed by atoms with E-state index in [2.05, 4.69) is 21.6 Å². The van der Waals surface area contributed by atoms with Crippen LogP contribution >= 0.6 is 23.4 Å². The minimum Gasteiger partial charge on any atom is -0.311 e. The van der Waals surface area contributed by atoms with Gasteiger partial charge in [-0.1, -0.05) is 41.6 Å². The number of anilines is 1. The van der Waals surface area contributed by atoms with Crippen LogP contribution in [-0.4, -0.2) is 37.9 Å². The summed E-state index contributed by atoms with van der Waals surface area (Å²) in [6.07, 6.45) is 0.891. The molecule has 0 fully saturated rings. The molecule has 2 aromatic carbocycles. The van der Waals surface area contributed by atoms with Crippen molar-refractivity contribution in [3.8, 4) is 5.69 Å². The SMILES string of the molecule is C[C@@H](Sc1nnnn1-c1ccc(Cl)cc1)C(=O)N1CCc2ccccc21. The standard InChI is InChI=1S/C18H16ClN5OS/c1-12(17(25)23-11-10-13-4-2-3-5-16(13)23)26-18-20-21-22-24(18)15-8-6-14(19)7-9-15/h2-9,12H,10-11H2,1H3/t12-/m1/s1. The minimum absolute atomic E-state index is 0.0607. The molecule has 4 rings (SSSR count). The first-order valence-corrected chi connectivity index (χ1v) is 9.49. The third-order valence-corrected chi connectivity index (χ3v) is 5.57. The number of hydrogen-bond acceptors (Lipinski definition) is 5. The molecule has 1 aliphatic rings. The van der Waals surface area contributed by atoms with Crippen molar-refractivity contribution in [1.82, 2.24) is 20.2 Å². The van der Waals surface area contributed by atoms with Crippen LogP contribution < -0.4 is 4.90 Å². The summed E-state index contributed by atoms with van der Waals surface area (Å²) in [4.78, 5) is 14.8. The van der Waals surface area contributed by atoms with Crippen molar-refractivity contribution in [3.05, 3.63) is 59.1 Å². The Labute approximate surface area is 160 Å². The van der Waals surface area contributed by atoms with Crippen LogP contribution in [0.1, 0.15) is 12.5 Å². The van der Waals surface area contributed by atoms with Gasteiger partial charge in [-0.2, -0.15) is 4.68 Å². The van der Waals surface area contributed by atoms with E-state index in [1.165, 1.54) is 17.3 Å². The summed E-state index contributed by atoms with van der Waals surface area (Å²) in [6, 6.07) is 15.3. The average molecular weight is 386 g/mol. The molecular weight excluding hydrogens is 370 g/mol. The summed E-state index contributed by atoms with van der Waals surface area (Å²) in [5.41, 5.74) is 3.01. The molecule has 1 atom stereocenters. The Morgan fingerprint density at radius 3 is 2.77 bits per heavy atom. The van der Waals surface area contributed by atoms with Crippen LogP contribution in [0, 0.1) is 0 Å². The maximum atomic E-state index is 12.9. The van der Waals surface area contributed by atoms with E-state index in [0.717, 1.165) is 17.8 Å². The summed E-state index contributed by atoms with van der Waals surface area (Å²) in [5, 5.41) is 12.8. The van der Waals surface area contributed by atoms with Gasteiger partial charge in [0.05, 0.1) is 10.9 Å². The second-order valence-corrected chi connectivity index (χ2v) is 7.72. The zero-order valence-electron chi connectivity index (χ0n) is 14.0. The predicted octanol–water partition coefficient (Wildman–Crippen LogP) is 3.39. The van der Waals surface area contributed by atoms with Crippen LogP contribution in [0.15, 0.2) is 53.7 Å². The fraction of sp³-hybridized carbons (Fsp3) is 0.222. The molecule has 1 amide bonds. The van der Waals surface area contributed by atoms with E-state index in [0.29, 0.717) is 16.7 Å². The lowest BCUT2D eigenvalue weighted by Crippen LogP contribution is -2.35. The minimum atomic E-state index is -0.307. The van der Waals surface area contributed by atoms with Crippen LogP contribution in [-0.2, 0) is 11.2 Å². The normalized spacial score (nSPS) is 14.3. The third kappa shape index (κ3) is 3.20. The van der Waals surface area contributed by atoms with Gasteiger partial charge in [0.25, 0.3) is 0 Å². The van der Waals surface area contributed by atoms with Crippen LogP contribution in [0.4, 0.5) is 5.69 Å². The van der Waals surface area contributed by atoms with Crippen LogP contribution in [0.3, 0.4) is 0 Å². The van der Waals surface area contributed by atoms with Crippen molar-refractivity contribution in [2.45, 2.75) is 23.8 Å². The molecule has 26 heavy (non-hydrogen) atoms. The van der Waals surface area contributed by atoms with Gasteiger partial charge in [0.15, 0.2) is 0 Å². The number of carbonyl (C=O) groups excluding carboxylic acids is 1. The van der Waals surface area contributed by atoms with Crippen molar-refractivity contribution in [2.75, 3.05) is 11.4 Å². The summed E-state index contributed by atoms with van der Waals surface area (Å²) in [5.74, 6) is 0.0607. The lowest BCUT2D eigenvalue weighted by atomic mass is 10.2. The second-order valence-electron chi connectivity index (χ2n) is 5.98. The molecule has 6 nitrogen and oxygen atoms in total. The molecule has 8 heteroatoms. The Balaban J connectivity index is 1.53. The van der Waals surface area contributed by atoms with E-state index in [9.17, 15) is 4.79 Å². The maximum absolute atomic E-state index is 12.9. The number of nitrogens with zero attached hydrogens (tertiary/aromatic N) is 5. The van der Waals surface area contributed by atoms with E-state index in [1.807, 2.05) is 42.2 Å². The van der Waals surface area contributed by atoms with Crippen molar-refractivity contribution < 1.29 is 4.79 Å². The highest BCUT2D eigenvalue weighted by molar-refractivity contribution is 8.00. The lowest BCUT2D eigenvalue weighted by Gasteiger charge is -2.21. The van der Waals surface area contributed by atoms with Gasteiger partial charge in [-0.15, -0.1) is 5.10 Å². The first-order chi connectivity index (χ1) is 12.6. The van der Waals surface area contributed by atoms with Gasteiger partial charge >= 0.3 is 0 Å². The molecule has 0 N–H and O–H groups in total. The van der Waals surface area contributed by atoms with Gasteiger partial charge in [0.1, 0.15) is 0 Å². The van der Waals surface area contributed by atoms with Gasteiger partial charge < -0.3 is 4.90 Å². The highest BCUT2D eigenvalue weighted by Crippen LogP contribution is 2.31. The zero-order valence-corrected chi connectivity index (χ0v) is 15.6. The molecule has 0 saturated heterocycles. The zero-order chi connectivity index (χ0) is 18.1. The maximum Gasteiger partial charge on any atom is 0.240 e. The van der Waals surface area contributed by atoms with Crippen molar-refractivity contribution in [3.63, 3.8) is 0 Å². The molecule has 1 aromatic heterocycles. The van der Waals surface area contributed by atoms with Gasteiger partial charge in [0.2, 0.25) is 11.1 Å². The predicted molar refractivity (Wildman–Crippen MR) is 102 cm³/mol. The van der Waals surface area contributed by atoms with Gasteiger partial charge in [-0.25, -0.2) is 0 Å². The number of hydrogen-bond donors (Lipinski definition) is 0. The average Bonchev–Trinajstić information content (AvgIpc) is 3.28. The van der Waals surface area contributed by atoms with E-state index in [1.54, 1.807) is 16.8 Å². The first-order valence-electron chi connectivity index (χ1n) is 8.24. The van der Waals surface area contributed by atoms with Crippen LogP contribution in [0.5, 0.6) is 0 Å². The Morgan fingerprint density at radius 2 is 1.96 bits per heavy atom. The largest absolute Gasteiger partial charge is 0.311 e. The van der Waals surface area contributed by atoms with E-state index in [4.69, 9.17) is 11.6 Å². The van der Waals surface area contributed by atoms with E-state index >= 15 is 0 Å². The molecule has 0 spiro atoms. The molecule has 1 aliphatic heterocycles. The van der Waals surface area contributed by atoms with Crippen LogP contribution in [0.2, 0.25) is 5.02 Å². The summed E-state index contributed by atoms with van der Waals surface area (Å²) in [6.45, 7) is 2.60. The van der Waals surface area contributed by atoms with E-state index in [-0.39, 0.29) is 11.2 Å². The van der Waals surface area contributed by atoms with Gasteiger partial charge in [-0.05, 0) is 59.7 Å². The van der Waals surface area contributed by atoms with Gasteiger partial charge in [-0.3, -0.25) is 4.79 Å². The monoisotopic (exact) mass is 385 g/mol. The highest BCUT2D eigenvalue weighted by atomic mass is 35.5. The number of carbonyl (C=O) groups is 1. The molecule has 0 radical (unpaired) electrons. The quantitative estimate of drug-likeness (QED) is 0.644. The number of amides is 1. The summed E-state index contributed by atoms with van der Waals surface area (Å²) in [7, 11) is 0. The molecule has 0 bridgehead atoms. The fourth-order valence-corrected chi connectivity index (χ4v) is 3.99. The second kappa shape index (κ2) is 7.09. The van der Waals surface area contributed by atoms with Crippen molar-refractivity contribution in [2.24, 2.45) is 0 Å². The molecule has 2 heterocycles. The first kappa shape index (κ1) is 17.1. The Bertz CT molecular complexity index is 943. The number of benzene rings is 2. The smallest absolute Gasteiger partial charge is 0.240 e. The highest BCUT2D eigenvalue weighted by Gasteiger charge is 2.29. The Hall–Kier alpha value is -2.38.